The molecule has 0 radical (unpaired) electrons. The number of rotatable bonds is 6. The zero-order valence-corrected chi connectivity index (χ0v) is 12.4. The number of aliphatic hydroxyl groups excluding tert-OH is 1. The highest BCUT2D eigenvalue weighted by Crippen LogP contribution is 2.27. The Morgan fingerprint density at radius 3 is 2.68 bits per heavy atom. The van der Waals surface area contributed by atoms with Gasteiger partial charge < -0.3 is 15.7 Å². The molecule has 3 N–H and O–H groups in total. The zero-order valence-electron chi connectivity index (χ0n) is 12.4. The summed E-state index contributed by atoms with van der Waals surface area (Å²) in [6.07, 6.45) is 6.24. The summed E-state index contributed by atoms with van der Waals surface area (Å²) in [5.41, 5.74) is 0. The summed E-state index contributed by atoms with van der Waals surface area (Å²) in [5.74, 6) is -0.275. The molecular formula is C15H22N4O3. The predicted octanol–water partition coefficient (Wildman–Crippen LogP) is -0.193. The van der Waals surface area contributed by atoms with Crippen molar-refractivity contribution in [3.8, 4) is 0 Å². The Morgan fingerprint density at radius 2 is 2.00 bits per heavy atom. The number of hydrogen-bond acceptors (Lipinski definition) is 4. The van der Waals surface area contributed by atoms with E-state index in [0.29, 0.717) is 12.8 Å². The summed E-state index contributed by atoms with van der Waals surface area (Å²) < 4.78 is 1.84. The molecule has 0 spiro atoms. The average Bonchev–Trinajstić information content (AvgIpc) is 2.98. The van der Waals surface area contributed by atoms with E-state index < -0.39 is 6.10 Å². The van der Waals surface area contributed by atoms with Crippen molar-refractivity contribution >= 4 is 11.8 Å². The number of amides is 2. The van der Waals surface area contributed by atoms with Gasteiger partial charge in [0.1, 0.15) is 6.42 Å². The van der Waals surface area contributed by atoms with Gasteiger partial charge in [-0.1, -0.05) is 0 Å². The van der Waals surface area contributed by atoms with Gasteiger partial charge in [-0.2, -0.15) is 5.10 Å². The van der Waals surface area contributed by atoms with Crippen LogP contribution in [0.25, 0.3) is 0 Å². The quantitative estimate of drug-likeness (QED) is 0.635. The van der Waals surface area contributed by atoms with Crippen molar-refractivity contribution in [3.05, 3.63) is 18.5 Å². The van der Waals surface area contributed by atoms with E-state index in [-0.39, 0.29) is 36.2 Å². The first-order valence-electron chi connectivity index (χ1n) is 7.84. The lowest BCUT2D eigenvalue weighted by Gasteiger charge is -2.16. The minimum absolute atomic E-state index is 0.163. The highest BCUT2D eigenvalue weighted by Gasteiger charge is 2.34. The zero-order chi connectivity index (χ0) is 15.5. The molecule has 0 aliphatic heterocycles. The van der Waals surface area contributed by atoms with Gasteiger partial charge in [-0.05, 0) is 37.7 Å². The van der Waals surface area contributed by atoms with Gasteiger partial charge in [-0.3, -0.25) is 14.3 Å². The third-order valence-electron chi connectivity index (χ3n) is 4.24. The number of hydrogen-bond donors (Lipinski definition) is 3. The molecule has 2 aliphatic carbocycles. The normalized spacial score (nSPS) is 27.6. The van der Waals surface area contributed by atoms with Gasteiger partial charge in [0, 0.05) is 25.0 Å². The Kier molecular flexibility index (Phi) is 4.42. The summed E-state index contributed by atoms with van der Waals surface area (Å²) >= 11 is 0. The van der Waals surface area contributed by atoms with Crippen LogP contribution >= 0.6 is 0 Å². The molecule has 2 saturated carbocycles. The topological polar surface area (TPSA) is 96.2 Å². The molecule has 3 atom stereocenters. The SMILES string of the molecule is O=C(CC(=O)N[C@@H]1CC(Cn2cccn2)C[C@H]1O)NC1CC1. The molecule has 7 nitrogen and oxygen atoms in total. The third kappa shape index (κ3) is 4.07. The molecule has 0 aromatic carbocycles. The average molecular weight is 306 g/mol. The molecule has 22 heavy (non-hydrogen) atoms. The largest absolute Gasteiger partial charge is 0.391 e. The molecule has 0 saturated heterocycles. The van der Waals surface area contributed by atoms with Crippen molar-refractivity contribution in [1.82, 2.24) is 20.4 Å². The third-order valence-corrected chi connectivity index (χ3v) is 4.24. The van der Waals surface area contributed by atoms with Crippen LogP contribution in [0.1, 0.15) is 32.1 Å². The molecule has 2 fully saturated rings. The van der Waals surface area contributed by atoms with Crippen LogP contribution in [0.2, 0.25) is 0 Å². The highest BCUT2D eigenvalue weighted by molar-refractivity contribution is 5.97. The number of aromatic nitrogens is 2. The summed E-state index contributed by atoms with van der Waals surface area (Å²) in [6.45, 7) is 0.735. The molecule has 1 unspecified atom stereocenters. The van der Waals surface area contributed by atoms with Crippen LogP contribution in [0.15, 0.2) is 18.5 Å². The molecule has 2 amide bonds. The van der Waals surface area contributed by atoms with Crippen molar-refractivity contribution < 1.29 is 14.7 Å². The van der Waals surface area contributed by atoms with Crippen molar-refractivity contribution in [2.45, 2.75) is 56.8 Å². The number of carbonyl (C=O) groups is 2. The maximum Gasteiger partial charge on any atom is 0.229 e. The lowest BCUT2D eigenvalue weighted by Crippen LogP contribution is -2.42. The maximum absolute atomic E-state index is 11.9. The first-order valence-corrected chi connectivity index (χ1v) is 7.84. The number of nitrogens with one attached hydrogen (secondary N) is 2. The summed E-state index contributed by atoms with van der Waals surface area (Å²) in [6, 6.07) is 1.85. The van der Waals surface area contributed by atoms with Crippen LogP contribution in [0.3, 0.4) is 0 Å². The second kappa shape index (κ2) is 6.48. The van der Waals surface area contributed by atoms with E-state index in [4.69, 9.17) is 0 Å². The van der Waals surface area contributed by atoms with Crippen LogP contribution in [0, 0.1) is 5.92 Å². The van der Waals surface area contributed by atoms with E-state index in [1.807, 2.05) is 16.9 Å². The Bertz CT molecular complexity index is 527. The van der Waals surface area contributed by atoms with Crippen molar-refractivity contribution in [2.75, 3.05) is 0 Å². The predicted molar refractivity (Wildman–Crippen MR) is 78.7 cm³/mol. The summed E-state index contributed by atoms with van der Waals surface area (Å²) in [7, 11) is 0. The van der Waals surface area contributed by atoms with E-state index in [2.05, 4.69) is 15.7 Å². The van der Waals surface area contributed by atoms with Gasteiger partial charge in [0.25, 0.3) is 0 Å². The number of aliphatic hydroxyl groups is 1. The smallest absolute Gasteiger partial charge is 0.229 e. The van der Waals surface area contributed by atoms with E-state index in [9.17, 15) is 14.7 Å². The monoisotopic (exact) mass is 306 g/mol. The van der Waals surface area contributed by atoms with E-state index >= 15 is 0 Å². The Labute approximate surface area is 129 Å². The Morgan fingerprint density at radius 1 is 1.23 bits per heavy atom. The van der Waals surface area contributed by atoms with Gasteiger partial charge in [-0.25, -0.2) is 0 Å². The molecule has 1 heterocycles. The minimum Gasteiger partial charge on any atom is -0.391 e. The van der Waals surface area contributed by atoms with Crippen molar-refractivity contribution in [2.24, 2.45) is 5.92 Å². The first kappa shape index (κ1) is 15.0. The highest BCUT2D eigenvalue weighted by atomic mass is 16.3. The number of nitrogens with zero attached hydrogens (tertiary/aromatic N) is 2. The fourth-order valence-corrected chi connectivity index (χ4v) is 3.01. The fraction of sp³-hybridized carbons (Fsp3) is 0.667. The lowest BCUT2D eigenvalue weighted by molar-refractivity contribution is -0.130. The summed E-state index contributed by atoms with van der Waals surface area (Å²) in [4.78, 5) is 23.5. The van der Waals surface area contributed by atoms with Gasteiger partial charge in [0.15, 0.2) is 0 Å². The maximum atomic E-state index is 11.9. The van der Waals surface area contributed by atoms with Crippen LogP contribution < -0.4 is 10.6 Å². The molecule has 7 heteroatoms. The van der Waals surface area contributed by atoms with Crippen LogP contribution in [-0.4, -0.2) is 44.9 Å². The molecule has 3 rings (SSSR count). The second-order valence-electron chi connectivity index (χ2n) is 6.33. The first-order chi connectivity index (χ1) is 10.6. The Balaban J connectivity index is 1.43. The van der Waals surface area contributed by atoms with Crippen LogP contribution in [0.5, 0.6) is 0 Å². The molecule has 1 aromatic heterocycles. The standard InChI is InChI=1S/C15H22N4O3/c20-13-7-10(9-19-5-1-4-16-19)6-12(13)18-15(22)8-14(21)17-11-2-3-11/h1,4-5,10-13,20H,2-3,6-9H2,(H,17,21)(H,18,22)/t10?,12-,13-/m1/s1. The van der Waals surface area contributed by atoms with Crippen molar-refractivity contribution in [3.63, 3.8) is 0 Å². The van der Waals surface area contributed by atoms with Gasteiger partial charge >= 0.3 is 0 Å². The molecule has 2 aliphatic rings. The molecule has 0 bridgehead atoms. The lowest BCUT2D eigenvalue weighted by atomic mass is 10.1. The molecular weight excluding hydrogens is 284 g/mol. The van der Waals surface area contributed by atoms with Gasteiger partial charge in [0.05, 0.1) is 12.1 Å². The van der Waals surface area contributed by atoms with E-state index in [1.165, 1.54) is 0 Å². The van der Waals surface area contributed by atoms with Crippen LogP contribution in [-0.2, 0) is 16.1 Å². The van der Waals surface area contributed by atoms with E-state index in [1.54, 1.807) is 6.20 Å². The fourth-order valence-electron chi connectivity index (χ4n) is 3.01. The minimum atomic E-state index is -0.559. The molecule has 120 valence electrons. The van der Waals surface area contributed by atoms with Gasteiger partial charge in [-0.15, -0.1) is 0 Å². The second-order valence-corrected chi connectivity index (χ2v) is 6.33. The van der Waals surface area contributed by atoms with E-state index in [0.717, 1.165) is 19.4 Å². The van der Waals surface area contributed by atoms with Crippen LogP contribution in [0.4, 0.5) is 0 Å². The van der Waals surface area contributed by atoms with Crippen molar-refractivity contribution in [1.29, 1.82) is 0 Å². The summed E-state index contributed by atoms with van der Waals surface area (Å²) in [5, 5.41) is 19.8. The Hall–Kier alpha value is -1.89. The number of carbonyl (C=O) groups excluding carboxylic acids is 2. The van der Waals surface area contributed by atoms with Gasteiger partial charge in [0.2, 0.25) is 11.8 Å². The molecule has 1 aromatic rings.